The van der Waals surface area contributed by atoms with E-state index in [2.05, 4.69) is 14.5 Å². The zero-order valence-electron chi connectivity index (χ0n) is 11.5. The van der Waals surface area contributed by atoms with Crippen molar-refractivity contribution in [2.75, 3.05) is 11.4 Å². The van der Waals surface area contributed by atoms with Gasteiger partial charge in [0.25, 0.3) is 0 Å². The second kappa shape index (κ2) is 4.58. The van der Waals surface area contributed by atoms with Crippen LogP contribution in [0.1, 0.15) is 30.6 Å². The summed E-state index contributed by atoms with van der Waals surface area (Å²) < 4.78 is 15.7. The smallest absolute Gasteiger partial charge is 0.196 e. The zero-order chi connectivity index (χ0) is 14.4. The van der Waals surface area contributed by atoms with Gasteiger partial charge < -0.3 is 15.2 Å². The number of imidazole rings is 1. The number of anilines is 1. The molecule has 1 aromatic carbocycles. The van der Waals surface area contributed by atoms with E-state index in [9.17, 15) is 4.39 Å². The van der Waals surface area contributed by atoms with Crippen LogP contribution in [0.4, 0.5) is 10.1 Å². The van der Waals surface area contributed by atoms with Crippen molar-refractivity contribution in [3.05, 3.63) is 48.3 Å². The molecule has 21 heavy (non-hydrogen) atoms. The highest BCUT2D eigenvalue weighted by Gasteiger charge is 2.34. The van der Waals surface area contributed by atoms with E-state index in [4.69, 9.17) is 5.73 Å². The molecule has 1 aliphatic heterocycles. The highest BCUT2D eigenvalue weighted by atomic mass is 19.1. The van der Waals surface area contributed by atoms with E-state index in [0.717, 1.165) is 11.4 Å². The second-order valence-corrected chi connectivity index (χ2v) is 5.52. The topological polar surface area (TPSA) is 59.4 Å². The van der Waals surface area contributed by atoms with Crippen molar-refractivity contribution in [2.24, 2.45) is 10.7 Å². The maximum atomic E-state index is 13.5. The molecule has 1 aliphatic carbocycles. The van der Waals surface area contributed by atoms with Gasteiger partial charge in [0.05, 0.1) is 30.8 Å². The van der Waals surface area contributed by atoms with Gasteiger partial charge in [-0.1, -0.05) is 6.07 Å². The molecule has 0 bridgehead atoms. The SMILES string of the molecule is NC1=NCC(c2cncn2C2CC2)N1c1cccc(F)c1. The third-order valence-corrected chi connectivity index (χ3v) is 4.05. The average Bonchev–Trinajstić information content (AvgIpc) is 3.07. The lowest BCUT2D eigenvalue weighted by Crippen LogP contribution is -2.36. The standard InChI is InChI=1S/C15H16FN5/c16-10-2-1-3-12(6-10)21-14(8-19-15(21)17)13-7-18-9-20(13)11-4-5-11/h1-3,6-7,9,11,14H,4-5,8H2,(H2,17,19). The van der Waals surface area contributed by atoms with Gasteiger partial charge in [0.1, 0.15) is 5.82 Å². The van der Waals surface area contributed by atoms with Crippen molar-refractivity contribution in [1.29, 1.82) is 0 Å². The van der Waals surface area contributed by atoms with E-state index in [1.54, 1.807) is 6.07 Å². The van der Waals surface area contributed by atoms with Crippen molar-refractivity contribution in [2.45, 2.75) is 24.9 Å². The van der Waals surface area contributed by atoms with Gasteiger partial charge in [-0.2, -0.15) is 0 Å². The first-order valence-corrected chi connectivity index (χ1v) is 7.10. The molecule has 0 amide bonds. The fourth-order valence-corrected chi connectivity index (χ4v) is 2.89. The molecular weight excluding hydrogens is 269 g/mol. The molecule has 2 N–H and O–H groups in total. The maximum Gasteiger partial charge on any atom is 0.196 e. The zero-order valence-corrected chi connectivity index (χ0v) is 11.5. The van der Waals surface area contributed by atoms with Gasteiger partial charge >= 0.3 is 0 Å². The van der Waals surface area contributed by atoms with E-state index >= 15 is 0 Å². The first-order valence-electron chi connectivity index (χ1n) is 7.10. The number of hydrogen-bond donors (Lipinski definition) is 1. The van der Waals surface area contributed by atoms with Crippen molar-refractivity contribution in [1.82, 2.24) is 9.55 Å². The van der Waals surface area contributed by atoms with Gasteiger partial charge in [-0.25, -0.2) is 9.37 Å². The molecule has 0 spiro atoms. The number of aromatic nitrogens is 2. The summed E-state index contributed by atoms with van der Waals surface area (Å²) in [6, 6.07) is 6.97. The first kappa shape index (κ1) is 12.4. The van der Waals surface area contributed by atoms with Crippen LogP contribution in [0, 0.1) is 5.82 Å². The third-order valence-electron chi connectivity index (χ3n) is 4.05. The van der Waals surface area contributed by atoms with Crippen LogP contribution in [0.5, 0.6) is 0 Å². The molecule has 2 aliphatic rings. The summed E-state index contributed by atoms with van der Waals surface area (Å²) >= 11 is 0. The molecule has 0 saturated heterocycles. The fraction of sp³-hybridized carbons (Fsp3) is 0.333. The molecule has 0 radical (unpaired) electrons. The summed E-state index contributed by atoms with van der Waals surface area (Å²) in [5.74, 6) is 0.149. The molecule has 4 rings (SSSR count). The maximum absolute atomic E-state index is 13.5. The van der Waals surface area contributed by atoms with Gasteiger partial charge in [0, 0.05) is 11.7 Å². The molecule has 1 fully saturated rings. The molecule has 1 atom stereocenters. The number of benzene rings is 1. The number of guanidine groups is 1. The van der Waals surface area contributed by atoms with Crippen molar-refractivity contribution < 1.29 is 4.39 Å². The third kappa shape index (κ3) is 2.07. The quantitative estimate of drug-likeness (QED) is 0.940. The van der Waals surface area contributed by atoms with Gasteiger partial charge in [-0.15, -0.1) is 0 Å². The molecule has 1 saturated carbocycles. The normalized spacial score (nSPS) is 21.7. The minimum Gasteiger partial charge on any atom is -0.369 e. The number of nitrogens with two attached hydrogens (primary N) is 1. The minimum atomic E-state index is -0.276. The summed E-state index contributed by atoms with van der Waals surface area (Å²) in [5.41, 5.74) is 7.84. The molecular formula is C15H16FN5. The Bertz CT molecular complexity index is 704. The number of halogens is 1. The molecule has 1 unspecified atom stereocenters. The van der Waals surface area contributed by atoms with Crippen LogP contribution in [-0.2, 0) is 0 Å². The van der Waals surface area contributed by atoms with Crippen LogP contribution in [0.25, 0.3) is 0 Å². The molecule has 1 aromatic heterocycles. The van der Waals surface area contributed by atoms with Crippen LogP contribution in [0.15, 0.2) is 41.8 Å². The number of rotatable bonds is 3. The number of hydrogen-bond acceptors (Lipinski definition) is 4. The fourth-order valence-electron chi connectivity index (χ4n) is 2.89. The number of nitrogens with zero attached hydrogens (tertiary/aromatic N) is 4. The highest BCUT2D eigenvalue weighted by Crippen LogP contribution is 2.39. The van der Waals surface area contributed by atoms with Crippen molar-refractivity contribution >= 4 is 11.6 Å². The Kier molecular flexibility index (Phi) is 2.70. The Balaban J connectivity index is 1.73. The summed E-state index contributed by atoms with van der Waals surface area (Å²) in [6.45, 7) is 0.570. The Morgan fingerprint density at radius 2 is 2.14 bits per heavy atom. The summed E-state index contributed by atoms with van der Waals surface area (Å²) in [6.07, 6.45) is 6.10. The molecule has 2 heterocycles. The minimum absolute atomic E-state index is 0.0186. The molecule has 5 nitrogen and oxygen atoms in total. The number of aliphatic imine (C=N–C) groups is 1. The Hall–Kier alpha value is -2.37. The van der Waals surface area contributed by atoms with Gasteiger partial charge in [-0.3, -0.25) is 4.99 Å². The molecule has 6 heteroatoms. The predicted octanol–water partition coefficient (Wildman–Crippen LogP) is 2.23. The first-order chi connectivity index (χ1) is 10.2. The van der Waals surface area contributed by atoms with E-state index in [-0.39, 0.29) is 11.9 Å². The monoisotopic (exact) mass is 285 g/mol. The molecule has 108 valence electrons. The van der Waals surface area contributed by atoms with Gasteiger partial charge in [0.15, 0.2) is 5.96 Å². The Morgan fingerprint density at radius 1 is 1.29 bits per heavy atom. The van der Waals surface area contributed by atoms with Gasteiger partial charge in [-0.05, 0) is 31.0 Å². The summed E-state index contributed by atoms with van der Waals surface area (Å²) in [7, 11) is 0. The van der Waals surface area contributed by atoms with Gasteiger partial charge in [0.2, 0.25) is 0 Å². The molecule has 2 aromatic rings. The lowest BCUT2D eigenvalue weighted by Gasteiger charge is -2.27. The van der Waals surface area contributed by atoms with Crippen LogP contribution in [0.2, 0.25) is 0 Å². The summed E-state index contributed by atoms with van der Waals surface area (Å²) in [5, 5.41) is 0. The van der Waals surface area contributed by atoms with Crippen LogP contribution < -0.4 is 10.6 Å². The van der Waals surface area contributed by atoms with E-state index in [1.807, 2.05) is 23.5 Å². The lowest BCUT2D eigenvalue weighted by atomic mass is 10.1. The van der Waals surface area contributed by atoms with E-state index < -0.39 is 0 Å². The second-order valence-electron chi connectivity index (χ2n) is 5.52. The van der Waals surface area contributed by atoms with E-state index in [1.165, 1.54) is 25.0 Å². The highest BCUT2D eigenvalue weighted by molar-refractivity contribution is 5.97. The Morgan fingerprint density at radius 3 is 2.90 bits per heavy atom. The largest absolute Gasteiger partial charge is 0.369 e. The van der Waals surface area contributed by atoms with Crippen LogP contribution in [-0.4, -0.2) is 22.1 Å². The van der Waals surface area contributed by atoms with Crippen LogP contribution >= 0.6 is 0 Å². The van der Waals surface area contributed by atoms with E-state index in [0.29, 0.717) is 18.5 Å². The Labute approximate surface area is 121 Å². The van der Waals surface area contributed by atoms with Crippen molar-refractivity contribution in [3.63, 3.8) is 0 Å². The lowest BCUT2D eigenvalue weighted by molar-refractivity contribution is 0.620. The van der Waals surface area contributed by atoms with Crippen LogP contribution in [0.3, 0.4) is 0 Å². The average molecular weight is 285 g/mol. The predicted molar refractivity (Wildman–Crippen MR) is 78.6 cm³/mol. The summed E-state index contributed by atoms with van der Waals surface area (Å²) in [4.78, 5) is 10.5. The van der Waals surface area contributed by atoms with Crippen molar-refractivity contribution in [3.8, 4) is 0 Å².